The monoisotopic (exact) mass is 576 g/mol. The summed E-state index contributed by atoms with van der Waals surface area (Å²) in [6, 6.07) is -0.731. The van der Waals surface area contributed by atoms with Gasteiger partial charge in [0.15, 0.2) is 11.5 Å². The van der Waals surface area contributed by atoms with Crippen molar-refractivity contribution in [2.24, 2.45) is 17.3 Å². The lowest BCUT2D eigenvalue weighted by molar-refractivity contribution is -0.149. The molecule has 2 heterocycles. The molecule has 0 bridgehead atoms. The molecule has 1 saturated carbocycles. The molecule has 0 unspecified atom stereocenters. The molecule has 0 aliphatic heterocycles. The number of rotatable bonds is 7. The fourth-order valence-corrected chi connectivity index (χ4v) is 5.48. The van der Waals surface area contributed by atoms with Gasteiger partial charge in [-0.3, -0.25) is 24.0 Å². The van der Waals surface area contributed by atoms with Crippen molar-refractivity contribution in [3.63, 3.8) is 0 Å². The van der Waals surface area contributed by atoms with Crippen LogP contribution in [0.1, 0.15) is 79.4 Å². The largest absolute Gasteiger partial charge is 0.481 e. The topological polar surface area (TPSA) is 105 Å². The van der Waals surface area contributed by atoms with Crippen molar-refractivity contribution in [3.8, 4) is 0 Å². The number of aromatic nitrogens is 3. The number of ketones is 1. The number of pyridine rings is 1. The number of amides is 1. The minimum absolute atomic E-state index is 0.0405. The number of halogens is 5. The lowest BCUT2D eigenvalue weighted by Crippen LogP contribution is -2.42. The van der Waals surface area contributed by atoms with E-state index in [1.165, 1.54) is 12.4 Å². The molecular weight excluding hydrogens is 548 g/mol. The zero-order valence-corrected chi connectivity index (χ0v) is 22.9. The quantitative estimate of drug-likeness (QED) is 0.403. The molecule has 1 N–H and O–H groups in total. The zero-order chi connectivity index (χ0) is 28.6. The van der Waals surface area contributed by atoms with Crippen LogP contribution in [-0.4, -0.2) is 55.5 Å². The summed E-state index contributed by atoms with van der Waals surface area (Å²) in [4.78, 5) is 43.0. The molecule has 8 nitrogen and oxygen atoms in total. The number of carboxylic acids is 1. The molecule has 0 radical (unpaired) electrons. The minimum atomic E-state index is -4.93. The van der Waals surface area contributed by atoms with Crippen molar-refractivity contribution in [2.45, 2.75) is 59.2 Å². The highest BCUT2D eigenvalue weighted by molar-refractivity contribution is 6.39. The lowest BCUT2D eigenvalue weighted by atomic mass is 9.78. The second-order valence-electron chi connectivity index (χ2n) is 10.9. The van der Waals surface area contributed by atoms with Crippen LogP contribution >= 0.6 is 23.2 Å². The minimum Gasteiger partial charge on any atom is -0.481 e. The van der Waals surface area contributed by atoms with E-state index in [1.54, 1.807) is 27.7 Å². The average Bonchev–Trinajstić information content (AvgIpc) is 3.22. The number of hydrogen-bond acceptors (Lipinski definition) is 5. The lowest BCUT2D eigenvalue weighted by Gasteiger charge is -2.33. The third kappa shape index (κ3) is 6.66. The molecule has 13 heteroatoms. The molecular formula is C25H29Cl2F3N4O4. The van der Waals surface area contributed by atoms with Crippen LogP contribution in [0.15, 0.2) is 18.6 Å². The summed E-state index contributed by atoms with van der Waals surface area (Å²) in [5, 5.41) is 13.2. The first-order valence-electron chi connectivity index (χ1n) is 12.0. The molecule has 0 spiro atoms. The Morgan fingerprint density at radius 3 is 2.21 bits per heavy atom. The Morgan fingerprint density at radius 1 is 1.11 bits per heavy atom. The van der Waals surface area contributed by atoms with E-state index in [0.717, 1.165) is 15.8 Å². The number of hydrogen-bond donors (Lipinski definition) is 1. The molecule has 0 saturated heterocycles. The predicted molar refractivity (Wildman–Crippen MR) is 134 cm³/mol. The van der Waals surface area contributed by atoms with E-state index in [2.05, 4.69) is 10.1 Å². The molecule has 0 aromatic carbocycles. The number of carboxylic acid groups (broad SMARTS) is 1. The van der Waals surface area contributed by atoms with Gasteiger partial charge in [0.25, 0.3) is 5.91 Å². The number of nitrogens with zero attached hydrogens (tertiary/aromatic N) is 4. The Labute approximate surface area is 228 Å². The molecule has 2 aromatic rings. The number of alkyl halides is 3. The maximum absolute atomic E-state index is 14.4. The average molecular weight is 577 g/mol. The van der Waals surface area contributed by atoms with Crippen molar-refractivity contribution in [3.05, 3.63) is 45.5 Å². The van der Waals surface area contributed by atoms with Gasteiger partial charge in [0.2, 0.25) is 0 Å². The Hall–Kier alpha value is -2.66. The van der Waals surface area contributed by atoms with E-state index in [4.69, 9.17) is 23.2 Å². The second kappa shape index (κ2) is 11.2. The maximum Gasteiger partial charge on any atom is 0.433 e. The fraction of sp³-hybridized carbons (Fsp3) is 0.560. The van der Waals surface area contributed by atoms with Crippen molar-refractivity contribution in [1.82, 2.24) is 19.7 Å². The van der Waals surface area contributed by atoms with Crippen molar-refractivity contribution in [2.75, 3.05) is 13.1 Å². The van der Waals surface area contributed by atoms with Crippen LogP contribution in [0.4, 0.5) is 13.2 Å². The predicted octanol–water partition coefficient (Wildman–Crippen LogP) is 6.04. The number of aliphatic carboxylic acids is 1. The van der Waals surface area contributed by atoms with Gasteiger partial charge < -0.3 is 10.0 Å². The van der Waals surface area contributed by atoms with E-state index in [0.29, 0.717) is 0 Å². The van der Waals surface area contributed by atoms with Crippen molar-refractivity contribution >= 4 is 40.9 Å². The van der Waals surface area contributed by atoms with E-state index >= 15 is 0 Å². The highest BCUT2D eigenvalue weighted by atomic mass is 35.5. The van der Waals surface area contributed by atoms with Crippen LogP contribution in [0.25, 0.3) is 0 Å². The molecule has 1 aliphatic carbocycles. The summed E-state index contributed by atoms with van der Waals surface area (Å²) in [6.07, 6.45) is -1.11. The molecule has 3 rings (SSSR count). The van der Waals surface area contributed by atoms with Gasteiger partial charge in [-0.25, -0.2) is 0 Å². The number of carbonyl (C=O) groups is 3. The molecule has 1 amide bonds. The molecule has 208 valence electrons. The molecule has 1 fully saturated rings. The second-order valence-corrected chi connectivity index (χ2v) is 11.7. The van der Waals surface area contributed by atoms with Gasteiger partial charge in [0, 0.05) is 18.9 Å². The molecule has 3 atom stereocenters. The summed E-state index contributed by atoms with van der Waals surface area (Å²) in [6.45, 7) is 6.41. The van der Waals surface area contributed by atoms with Crippen LogP contribution in [0.5, 0.6) is 0 Å². The van der Waals surface area contributed by atoms with Gasteiger partial charge in [-0.15, -0.1) is 0 Å². The van der Waals surface area contributed by atoms with Crippen molar-refractivity contribution in [1.29, 1.82) is 0 Å². The summed E-state index contributed by atoms with van der Waals surface area (Å²) < 4.78 is 43.9. The fourth-order valence-electron chi connectivity index (χ4n) is 4.91. The first kappa shape index (κ1) is 29.9. The summed E-state index contributed by atoms with van der Waals surface area (Å²) in [5.41, 5.74) is -2.55. The van der Waals surface area contributed by atoms with E-state index in [1.807, 2.05) is 0 Å². The SMILES string of the molecule is C[C@@H]1C[C@H](n2ncc(C(=O)N(CC(=O)c3c(Cl)cncc3Cl)CC(C)(C)C)c2C(F)(F)F)CC[C@H]1C(=O)O. The van der Waals surface area contributed by atoms with Gasteiger partial charge in [-0.1, -0.05) is 50.9 Å². The van der Waals surface area contributed by atoms with Crippen molar-refractivity contribution < 1.29 is 32.7 Å². The standard InChI is InChI=1S/C25H29Cl2F3N4O4/c1-13-7-14(5-6-15(13)23(37)38)34-21(25(28,29)30)16(8-32-34)22(36)33(12-24(2,3)4)11-19(35)20-17(26)9-31-10-18(20)27/h8-10,13-15H,5-7,11-12H2,1-4H3,(H,37,38)/t13-,14-,15-/m1/s1. The smallest absolute Gasteiger partial charge is 0.433 e. The normalized spacial score (nSPS) is 20.3. The van der Waals surface area contributed by atoms with Crippen LogP contribution < -0.4 is 0 Å². The zero-order valence-electron chi connectivity index (χ0n) is 21.4. The third-order valence-corrected chi connectivity index (χ3v) is 7.09. The summed E-state index contributed by atoms with van der Waals surface area (Å²) in [7, 11) is 0. The van der Waals surface area contributed by atoms with Gasteiger partial charge in [-0.2, -0.15) is 18.3 Å². The van der Waals surface area contributed by atoms with Crippen LogP contribution in [0.3, 0.4) is 0 Å². The molecule has 2 aromatic heterocycles. The summed E-state index contributed by atoms with van der Waals surface area (Å²) >= 11 is 12.2. The van der Waals surface area contributed by atoms with E-state index in [-0.39, 0.29) is 47.3 Å². The number of carbonyl (C=O) groups excluding carboxylic acids is 2. The van der Waals surface area contributed by atoms with Gasteiger partial charge in [-0.05, 0) is 30.6 Å². The maximum atomic E-state index is 14.4. The Balaban J connectivity index is 1.99. The first-order chi connectivity index (χ1) is 17.5. The number of Topliss-reactive ketones (excluding diaryl/α,β-unsaturated/α-hetero) is 1. The molecule has 38 heavy (non-hydrogen) atoms. The molecule has 1 aliphatic rings. The Bertz CT molecular complexity index is 1210. The Kier molecular flexibility index (Phi) is 8.82. The van der Waals surface area contributed by atoms with Crippen LogP contribution in [-0.2, 0) is 11.0 Å². The summed E-state index contributed by atoms with van der Waals surface area (Å²) in [5.74, 6) is -3.68. The highest BCUT2D eigenvalue weighted by Crippen LogP contribution is 2.41. The van der Waals surface area contributed by atoms with Crippen LogP contribution in [0, 0.1) is 17.3 Å². The third-order valence-electron chi connectivity index (χ3n) is 6.52. The van der Waals surface area contributed by atoms with Crippen LogP contribution in [0.2, 0.25) is 10.0 Å². The highest BCUT2D eigenvalue weighted by Gasteiger charge is 2.44. The van der Waals surface area contributed by atoms with Gasteiger partial charge in [0.1, 0.15) is 0 Å². The van der Waals surface area contributed by atoms with Gasteiger partial charge in [0.05, 0.1) is 45.9 Å². The van der Waals surface area contributed by atoms with E-state index < -0.39 is 59.0 Å². The Morgan fingerprint density at radius 2 is 1.71 bits per heavy atom. The van der Waals surface area contributed by atoms with Gasteiger partial charge >= 0.3 is 12.1 Å². The first-order valence-corrected chi connectivity index (χ1v) is 12.8. The van der Waals surface area contributed by atoms with E-state index in [9.17, 15) is 32.7 Å².